The Kier molecular flexibility index (Phi) is 9.31. The molecule has 5 nitrogen and oxygen atoms in total. The average molecular weight is 445 g/mol. The summed E-state index contributed by atoms with van der Waals surface area (Å²) < 4.78 is 1.38. The highest BCUT2D eigenvalue weighted by Gasteiger charge is 2.19. The Morgan fingerprint density at radius 2 is 1.75 bits per heavy atom. The van der Waals surface area contributed by atoms with Crippen molar-refractivity contribution in [3.63, 3.8) is 0 Å². The molecule has 0 atom stereocenters. The largest absolute Gasteiger partial charge is 0.368 e. The van der Waals surface area contributed by atoms with E-state index >= 15 is 0 Å². The van der Waals surface area contributed by atoms with Gasteiger partial charge in [0.05, 0.1) is 6.54 Å². The molecule has 1 amide bonds. The molecule has 2 aromatic rings. The number of benzene rings is 1. The quantitative estimate of drug-likeness (QED) is 0.694. The monoisotopic (exact) mass is 444 g/mol. The Morgan fingerprint density at radius 3 is 2.54 bits per heavy atom. The van der Waals surface area contributed by atoms with E-state index in [2.05, 4.69) is 44.8 Å². The number of nitrogens with one attached hydrogen (secondary N) is 1. The summed E-state index contributed by atoms with van der Waals surface area (Å²) in [5, 5.41) is 6.71. The normalized spacial score (nSPS) is 18.1. The Labute approximate surface area is 183 Å². The van der Waals surface area contributed by atoms with Crippen LogP contribution in [0.2, 0.25) is 0 Å². The van der Waals surface area contributed by atoms with Gasteiger partial charge in [-0.3, -0.25) is 9.69 Å². The Hall–Kier alpha value is -1.05. The number of halogens is 2. The average Bonchev–Trinajstić information content (AvgIpc) is 3.16. The van der Waals surface area contributed by atoms with E-state index in [4.69, 9.17) is 0 Å². The molecule has 2 fully saturated rings. The predicted molar refractivity (Wildman–Crippen MR) is 124 cm³/mol. The van der Waals surface area contributed by atoms with Crippen LogP contribution in [-0.2, 0) is 4.79 Å². The first-order valence-corrected chi connectivity index (χ1v) is 10.6. The molecule has 2 aliphatic heterocycles. The summed E-state index contributed by atoms with van der Waals surface area (Å²) in [6, 6.07) is 8.90. The highest BCUT2D eigenvalue weighted by atomic mass is 35.5. The minimum Gasteiger partial charge on any atom is -0.368 e. The van der Waals surface area contributed by atoms with Crippen molar-refractivity contribution in [2.75, 3.05) is 63.8 Å². The first-order chi connectivity index (χ1) is 12.8. The minimum atomic E-state index is 0. The molecule has 0 saturated carbocycles. The standard InChI is InChI=1S/C20H28N4OS.2ClH/c25-20-16-21-7-10-24(20)9-2-1-8-22-11-13-23(14-12-22)18-4-3-5-19-17(18)6-15-26-19;;/h3-6,15,21H,1-2,7-14,16H2;2*1H. The van der Waals surface area contributed by atoms with Crippen LogP contribution >= 0.6 is 36.2 Å². The molecule has 0 bridgehead atoms. The van der Waals surface area contributed by atoms with E-state index in [9.17, 15) is 4.79 Å². The molecule has 2 saturated heterocycles. The molecule has 2 aliphatic rings. The maximum absolute atomic E-state index is 11.8. The van der Waals surface area contributed by atoms with Crippen molar-refractivity contribution < 1.29 is 4.79 Å². The molecule has 0 aliphatic carbocycles. The summed E-state index contributed by atoms with van der Waals surface area (Å²) in [4.78, 5) is 18.9. The maximum atomic E-state index is 11.8. The van der Waals surface area contributed by atoms with Gasteiger partial charge in [-0.2, -0.15) is 0 Å². The highest BCUT2D eigenvalue weighted by Crippen LogP contribution is 2.31. The van der Waals surface area contributed by atoms with Crippen LogP contribution < -0.4 is 10.2 Å². The zero-order valence-electron chi connectivity index (χ0n) is 16.1. The number of fused-ring (bicyclic) bond motifs is 1. The van der Waals surface area contributed by atoms with Gasteiger partial charge in [0.25, 0.3) is 0 Å². The van der Waals surface area contributed by atoms with Gasteiger partial charge in [0.2, 0.25) is 5.91 Å². The summed E-state index contributed by atoms with van der Waals surface area (Å²) >= 11 is 1.82. The van der Waals surface area contributed by atoms with Crippen LogP contribution in [0.4, 0.5) is 5.69 Å². The summed E-state index contributed by atoms with van der Waals surface area (Å²) in [5.74, 6) is 0.257. The zero-order valence-corrected chi connectivity index (χ0v) is 18.6. The van der Waals surface area contributed by atoms with E-state index < -0.39 is 0 Å². The molecule has 156 valence electrons. The van der Waals surface area contributed by atoms with Gasteiger partial charge < -0.3 is 15.1 Å². The van der Waals surface area contributed by atoms with Gasteiger partial charge in [0.1, 0.15) is 0 Å². The van der Waals surface area contributed by atoms with Gasteiger partial charge in [-0.05, 0) is 43.0 Å². The van der Waals surface area contributed by atoms with Crippen LogP contribution in [0.25, 0.3) is 10.1 Å². The number of carbonyl (C=O) groups is 1. The molecule has 0 spiro atoms. The van der Waals surface area contributed by atoms with E-state index in [1.165, 1.54) is 22.2 Å². The lowest BCUT2D eigenvalue weighted by Gasteiger charge is -2.36. The molecule has 8 heteroatoms. The van der Waals surface area contributed by atoms with Crippen molar-refractivity contribution in [3.05, 3.63) is 29.6 Å². The number of nitrogens with zero attached hydrogens (tertiary/aromatic N) is 3. The first kappa shape index (κ1) is 23.2. The van der Waals surface area contributed by atoms with Crippen molar-refractivity contribution in [3.8, 4) is 0 Å². The molecule has 3 heterocycles. The number of carbonyl (C=O) groups excluding carboxylic acids is 1. The third kappa shape index (κ3) is 5.51. The molecule has 4 rings (SSSR count). The van der Waals surface area contributed by atoms with Crippen molar-refractivity contribution >= 4 is 57.8 Å². The fourth-order valence-corrected chi connectivity index (χ4v) is 4.79. The van der Waals surface area contributed by atoms with Crippen LogP contribution in [0, 0.1) is 0 Å². The number of rotatable bonds is 6. The highest BCUT2D eigenvalue weighted by molar-refractivity contribution is 7.17. The SMILES string of the molecule is Cl.Cl.O=C1CNCCN1CCCCN1CCN(c2cccc3sccc23)CC1. The van der Waals surface area contributed by atoms with Gasteiger partial charge in [0.15, 0.2) is 0 Å². The molecular formula is C20H30Cl2N4OS. The predicted octanol–water partition coefficient (Wildman–Crippen LogP) is 3.08. The summed E-state index contributed by atoms with van der Waals surface area (Å²) in [6.07, 6.45) is 2.29. The molecule has 1 aromatic carbocycles. The van der Waals surface area contributed by atoms with Gasteiger partial charge >= 0.3 is 0 Å². The van der Waals surface area contributed by atoms with Crippen molar-refractivity contribution in [1.29, 1.82) is 0 Å². The molecule has 0 unspecified atom stereocenters. The third-order valence-corrected chi connectivity index (χ3v) is 6.41. The van der Waals surface area contributed by atoms with Crippen LogP contribution in [-0.4, -0.2) is 74.6 Å². The Bertz CT molecular complexity index is 749. The third-order valence-electron chi connectivity index (χ3n) is 5.53. The van der Waals surface area contributed by atoms with Crippen molar-refractivity contribution in [2.45, 2.75) is 12.8 Å². The van der Waals surface area contributed by atoms with Gasteiger partial charge in [0, 0.05) is 61.6 Å². The van der Waals surface area contributed by atoms with E-state index in [1.807, 2.05) is 16.2 Å². The number of anilines is 1. The molecule has 1 N–H and O–H groups in total. The summed E-state index contributed by atoms with van der Waals surface area (Å²) in [6.45, 7) is 8.85. The van der Waals surface area contributed by atoms with E-state index in [0.717, 1.165) is 58.8 Å². The fraction of sp³-hybridized carbons (Fsp3) is 0.550. The summed E-state index contributed by atoms with van der Waals surface area (Å²) in [7, 11) is 0. The Balaban J connectivity index is 0.00000140. The van der Waals surface area contributed by atoms with Gasteiger partial charge in [-0.15, -0.1) is 36.2 Å². The maximum Gasteiger partial charge on any atom is 0.236 e. The zero-order chi connectivity index (χ0) is 17.8. The van der Waals surface area contributed by atoms with E-state index in [-0.39, 0.29) is 30.7 Å². The van der Waals surface area contributed by atoms with E-state index in [1.54, 1.807) is 0 Å². The number of piperazine rings is 2. The Morgan fingerprint density at radius 1 is 0.964 bits per heavy atom. The van der Waals surface area contributed by atoms with E-state index in [0.29, 0.717) is 6.54 Å². The molecular weight excluding hydrogens is 415 g/mol. The lowest BCUT2D eigenvalue weighted by molar-refractivity contribution is -0.131. The van der Waals surface area contributed by atoms with Crippen molar-refractivity contribution in [1.82, 2.24) is 15.1 Å². The first-order valence-electron chi connectivity index (χ1n) is 9.73. The lowest BCUT2D eigenvalue weighted by Crippen LogP contribution is -2.48. The second-order valence-electron chi connectivity index (χ2n) is 7.20. The molecule has 28 heavy (non-hydrogen) atoms. The topological polar surface area (TPSA) is 38.8 Å². The van der Waals surface area contributed by atoms with Gasteiger partial charge in [-0.1, -0.05) is 6.07 Å². The number of unbranched alkanes of at least 4 members (excludes halogenated alkanes) is 1. The fourth-order valence-electron chi connectivity index (χ4n) is 3.99. The summed E-state index contributed by atoms with van der Waals surface area (Å²) in [5.41, 5.74) is 1.39. The molecule has 1 aromatic heterocycles. The van der Waals surface area contributed by atoms with Crippen molar-refractivity contribution in [2.24, 2.45) is 0 Å². The van der Waals surface area contributed by atoms with Gasteiger partial charge in [-0.25, -0.2) is 0 Å². The van der Waals surface area contributed by atoms with Crippen LogP contribution in [0.15, 0.2) is 29.6 Å². The number of thiophene rings is 1. The van der Waals surface area contributed by atoms with Crippen LogP contribution in [0.1, 0.15) is 12.8 Å². The van der Waals surface area contributed by atoms with Crippen LogP contribution in [0.3, 0.4) is 0 Å². The second-order valence-corrected chi connectivity index (χ2v) is 8.15. The number of hydrogen-bond acceptors (Lipinski definition) is 5. The molecule has 0 radical (unpaired) electrons. The number of amides is 1. The lowest BCUT2D eigenvalue weighted by atomic mass is 10.1. The smallest absolute Gasteiger partial charge is 0.236 e. The van der Waals surface area contributed by atoms with Crippen LogP contribution in [0.5, 0.6) is 0 Å². The second kappa shape index (κ2) is 11.2. The minimum absolute atomic E-state index is 0. The number of hydrogen-bond donors (Lipinski definition) is 1.